The van der Waals surface area contributed by atoms with Crippen molar-refractivity contribution in [2.75, 3.05) is 0 Å². The third kappa shape index (κ3) is 3.34. The highest BCUT2D eigenvalue weighted by molar-refractivity contribution is 7.25. The number of rotatable bonds is 3. The normalized spacial score (nSPS) is 11.3. The van der Waals surface area contributed by atoms with E-state index in [4.69, 9.17) is 16.6 Å². The van der Waals surface area contributed by atoms with Crippen LogP contribution in [-0.2, 0) is 0 Å². The lowest BCUT2D eigenvalue weighted by Crippen LogP contribution is -1.98. The van der Waals surface area contributed by atoms with Gasteiger partial charge in [-0.05, 0) is 40.9 Å². The maximum atomic E-state index is 6.32. The average molecular weight is 450 g/mol. The van der Waals surface area contributed by atoms with Crippen LogP contribution in [0.4, 0.5) is 0 Å². The van der Waals surface area contributed by atoms with E-state index in [0.717, 1.165) is 22.3 Å². The van der Waals surface area contributed by atoms with E-state index in [-0.39, 0.29) is 5.28 Å². The van der Waals surface area contributed by atoms with E-state index in [1.54, 1.807) is 0 Å². The van der Waals surface area contributed by atoms with E-state index >= 15 is 0 Å². The van der Waals surface area contributed by atoms with Gasteiger partial charge in [-0.15, -0.1) is 11.3 Å². The van der Waals surface area contributed by atoms with Crippen LogP contribution < -0.4 is 0 Å². The molecule has 0 saturated heterocycles. The van der Waals surface area contributed by atoms with Crippen LogP contribution in [0.3, 0.4) is 0 Å². The summed E-state index contributed by atoms with van der Waals surface area (Å²) in [6.07, 6.45) is 0. The number of benzene rings is 4. The van der Waals surface area contributed by atoms with E-state index in [1.807, 2.05) is 59.9 Å². The van der Waals surface area contributed by atoms with Crippen molar-refractivity contribution in [2.45, 2.75) is 0 Å². The number of hydrogen-bond acceptors (Lipinski definition) is 4. The standard InChI is InChI=1S/C27H16ClN3S/c28-27-30-25(17-8-2-1-3-9-17)29-26(31-27)21-12-5-4-10-19(21)18-14-15-24-22(16-18)20-11-6-7-13-23(20)32-24/h1-16H. The quantitative estimate of drug-likeness (QED) is 0.275. The first-order valence-corrected chi connectivity index (χ1v) is 11.4. The van der Waals surface area contributed by atoms with Crippen LogP contribution in [0.25, 0.3) is 54.1 Å². The van der Waals surface area contributed by atoms with E-state index in [0.29, 0.717) is 11.6 Å². The molecule has 0 aliphatic heterocycles. The Kier molecular flexibility index (Phi) is 4.67. The highest BCUT2D eigenvalue weighted by Crippen LogP contribution is 2.38. The van der Waals surface area contributed by atoms with Gasteiger partial charge >= 0.3 is 0 Å². The molecular formula is C27H16ClN3S. The summed E-state index contributed by atoms with van der Waals surface area (Å²) in [4.78, 5) is 13.6. The van der Waals surface area contributed by atoms with Crippen LogP contribution in [0.1, 0.15) is 0 Å². The van der Waals surface area contributed by atoms with Gasteiger partial charge in [0.2, 0.25) is 5.28 Å². The van der Waals surface area contributed by atoms with Gasteiger partial charge in [0.25, 0.3) is 0 Å². The van der Waals surface area contributed by atoms with Crippen LogP contribution in [0.5, 0.6) is 0 Å². The molecule has 4 aromatic carbocycles. The summed E-state index contributed by atoms with van der Waals surface area (Å²) in [5.41, 5.74) is 4.01. The topological polar surface area (TPSA) is 38.7 Å². The third-order valence-electron chi connectivity index (χ3n) is 5.50. The Bertz CT molecular complexity index is 1590. The molecule has 0 fully saturated rings. The van der Waals surface area contributed by atoms with Crippen molar-refractivity contribution in [3.8, 4) is 33.9 Å². The Hall–Kier alpha value is -3.60. The summed E-state index contributed by atoms with van der Waals surface area (Å²) in [7, 11) is 0. The fourth-order valence-corrected chi connectivity index (χ4v) is 5.26. The number of halogens is 1. The van der Waals surface area contributed by atoms with Crippen molar-refractivity contribution in [1.82, 2.24) is 15.0 Å². The Morgan fingerprint density at radius 1 is 0.531 bits per heavy atom. The molecule has 0 spiro atoms. The van der Waals surface area contributed by atoms with Crippen LogP contribution in [0.2, 0.25) is 5.28 Å². The summed E-state index contributed by atoms with van der Waals surface area (Å²) in [6, 6.07) is 33.1. The molecule has 3 nitrogen and oxygen atoms in total. The first-order valence-electron chi connectivity index (χ1n) is 10.2. The van der Waals surface area contributed by atoms with Gasteiger partial charge in [0, 0.05) is 31.3 Å². The second-order valence-corrected chi connectivity index (χ2v) is 8.89. The molecule has 2 heterocycles. The fraction of sp³-hybridized carbons (Fsp3) is 0. The summed E-state index contributed by atoms with van der Waals surface area (Å²) in [5, 5.41) is 2.72. The lowest BCUT2D eigenvalue weighted by Gasteiger charge is -2.10. The Morgan fingerprint density at radius 3 is 2.09 bits per heavy atom. The van der Waals surface area contributed by atoms with Crippen molar-refractivity contribution < 1.29 is 0 Å². The van der Waals surface area contributed by atoms with Crippen molar-refractivity contribution in [3.63, 3.8) is 0 Å². The van der Waals surface area contributed by atoms with Crippen LogP contribution in [-0.4, -0.2) is 15.0 Å². The van der Waals surface area contributed by atoms with E-state index < -0.39 is 0 Å². The van der Waals surface area contributed by atoms with Gasteiger partial charge in [-0.2, -0.15) is 9.97 Å². The first-order chi connectivity index (χ1) is 15.8. The number of nitrogens with zero attached hydrogens (tertiary/aromatic N) is 3. The van der Waals surface area contributed by atoms with Crippen molar-refractivity contribution in [3.05, 3.63) is 102 Å². The Balaban J connectivity index is 1.53. The van der Waals surface area contributed by atoms with E-state index in [2.05, 4.69) is 58.5 Å². The second-order valence-electron chi connectivity index (χ2n) is 7.47. The fourth-order valence-electron chi connectivity index (χ4n) is 4.01. The molecule has 0 amide bonds. The number of hydrogen-bond donors (Lipinski definition) is 0. The summed E-state index contributed by atoms with van der Waals surface area (Å²) in [5.74, 6) is 1.13. The van der Waals surface area contributed by atoms with Crippen molar-refractivity contribution in [2.24, 2.45) is 0 Å². The molecule has 0 aliphatic rings. The molecule has 0 unspecified atom stereocenters. The first kappa shape index (κ1) is 19.1. The van der Waals surface area contributed by atoms with Crippen molar-refractivity contribution in [1.29, 1.82) is 0 Å². The van der Waals surface area contributed by atoms with Crippen LogP contribution in [0, 0.1) is 0 Å². The minimum absolute atomic E-state index is 0.183. The van der Waals surface area contributed by atoms with Gasteiger partial charge in [-0.25, -0.2) is 4.98 Å². The van der Waals surface area contributed by atoms with Crippen molar-refractivity contribution >= 4 is 43.1 Å². The lowest BCUT2D eigenvalue weighted by molar-refractivity contribution is 1.07. The maximum absolute atomic E-state index is 6.32. The molecule has 0 aliphatic carbocycles. The second kappa shape index (κ2) is 7.83. The molecule has 0 atom stereocenters. The number of fused-ring (bicyclic) bond motifs is 3. The molecule has 6 rings (SSSR count). The number of aromatic nitrogens is 3. The monoisotopic (exact) mass is 449 g/mol. The minimum atomic E-state index is 0.183. The van der Waals surface area contributed by atoms with Gasteiger partial charge in [-0.1, -0.05) is 78.9 Å². The average Bonchev–Trinajstić information content (AvgIpc) is 3.22. The predicted molar refractivity (Wildman–Crippen MR) is 134 cm³/mol. The molecule has 32 heavy (non-hydrogen) atoms. The summed E-state index contributed by atoms with van der Waals surface area (Å²) < 4.78 is 2.58. The molecule has 152 valence electrons. The van der Waals surface area contributed by atoms with Gasteiger partial charge in [-0.3, -0.25) is 0 Å². The highest BCUT2D eigenvalue weighted by Gasteiger charge is 2.14. The smallest absolute Gasteiger partial charge is 0.208 e. The molecule has 2 aromatic heterocycles. The Labute approximate surface area is 194 Å². The SMILES string of the molecule is Clc1nc(-c2ccccc2)nc(-c2ccccc2-c2ccc3sc4ccccc4c3c2)n1. The maximum Gasteiger partial charge on any atom is 0.226 e. The molecule has 0 saturated carbocycles. The zero-order valence-electron chi connectivity index (χ0n) is 16.9. The van der Waals surface area contributed by atoms with Gasteiger partial charge in [0.15, 0.2) is 11.6 Å². The Morgan fingerprint density at radius 2 is 1.22 bits per heavy atom. The highest BCUT2D eigenvalue weighted by atomic mass is 35.5. The van der Waals surface area contributed by atoms with Gasteiger partial charge < -0.3 is 0 Å². The predicted octanol–water partition coefficient (Wildman–Crippen LogP) is 7.89. The molecular weight excluding hydrogens is 434 g/mol. The van der Waals surface area contributed by atoms with Gasteiger partial charge in [0.1, 0.15) is 0 Å². The van der Waals surface area contributed by atoms with Crippen LogP contribution in [0.15, 0.2) is 97.1 Å². The summed E-state index contributed by atoms with van der Waals surface area (Å²) >= 11 is 8.13. The van der Waals surface area contributed by atoms with E-state index in [9.17, 15) is 0 Å². The summed E-state index contributed by atoms with van der Waals surface area (Å²) in [6.45, 7) is 0. The minimum Gasteiger partial charge on any atom is -0.208 e. The largest absolute Gasteiger partial charge is 0.226 e. The zero-order chi connectivity index (χ0) is 21.5. The molecule has 6 aromatic rings. The molecule has 0 radical (unpaired) electrons. The molecule has 0 bridgehead atoms. The van der Waals surface area contributed by atoms with Gasteiger partial charge in [0.05, 0.1) is 0 Å². The molecule has 0 N–H and O–H groups in total. The number of thiophene rings is 1. The lowest BCUT2D eigenvalue weighted by atomic mass is 9.97. The zero-order valence-corrected chi connectivity index (χ0v) is 18.4. The van der Waals surface area contributed by atoms with Crippen LogP contribution >= 0.6 is 22.9 Å². The third-order valence-corrected chi connectivity index (χ3v) is 6.82. The van der Waals surface area contributed by atoms with E-state index in [1.165, 1.54) is 20.2 Å². The molecule has 5 heteroatoms.